The van der Waals surface area contributed by atoms with E-state index in [0.29, 0.717) is 66.1 Å². The molecule has 7 heterocycles. The van der Waals surface area contributed by atoms with Crippen LogP contribution in [0, 0.1) is 35.4 Å². The number of hydrogen-bond acceptors (Lipinski definition) is 11. The van der Waals surface area contributed by atoms with E-state index in [0.717, 1.165) is 38.3 Å². The number of rotatable bonds is 5. The largest absolute Gasteiger partial charge is 0.461 e. The molecule has 3 N–H and O–H groups in total. The van der Waals surface area contributed by atoms with Crippen LogP contribution in [0.2, 0.25) is 0 Å². The second kappa shape index (κ2) is 10.2. The highest BCUT2D eigenvalue weighted by atomic mass is 19.1. The van der Waals surface area contributed by atoms with Gasteiger partial charge in [-0.15, -0.1) is 0 Å². The zero-order valence-electron chi connectivity index (χ0n) is 24.7. The standard InChI is InChI=1S/C32H31F2N9O2/c1-16-25(21-7-17(33)8-24-26(21)23(11-36)29(37)45-24)22(10-35)27-28(38-16)30(42-13-19-3-4-20(14-42)39-19)41-31(40-27)44-15-32-5-2-6-43(32)12-18(34)9-32/h7-8,18-20,39H,2-6,9,12-15,37H2,1H3/t18-,19?,20?,32?/m1/s1. The van der Waals surface area contributed by atoms with E-state index in [1.54, 1.807) is 6.92 Å². The molecular formula is C32H31F2N9O2. The third kappa shape index (κ3) is 4.36. The smallest absolute Gasteiger partial charge is 0.319 e. The number of aromatic nitrogens is 3. The zero-order chi connectivity index (χ0) is 31.0. The van der Waals surface area contributed by atoms with Crippen LogP contribution < -0.4 is 20.7 Å². The lowest BCUT2D eigenvalue weighted by Crippen LogP contribution is -2.51. The summed E-state index contributed by atoms with van der Waals surface area (Å²) >= 11 is 0. The number of ether oxygens (including phenoxy) is 1. The Balaban J connectivity index is 1.32. The lowest BCUT2D eigenvalue weighted by molar-refractivity contribution is 0.107. The van der Waals surface area contributed by atoms with Crippen molar-refractivity contribution in [2.45, 2.75) is 62.8 Å². The number of hydrogen-bond donors (Lipinski definition) is 2. The number of anilines is 2. The minimum Gasteiger partial charge on any atom is -0.461 e. The summed E-state index contributed by atoms with van der Waals surface area (Å²) in [5, 5.41) is 24.5. The van der Waals surface area contributed by atoms with Crippen LogP contribution in [0.1, 0.15) is 48.9 Å². The highest BCUT2D eigenvalue weighted by Gasteiger charge is 2.49. The Kier molecular flexibility index (Phi) is 6.34. The molecule has 2 bridgehead atoms. The first kappa shape index (κ1) is 27.9. The molecule has 4 aliphatic rings. The minimum atomic E-state index is -0.906. The molecule has 11 nitrogen and oxygen atoms in total. The van der Waals surface area contributed by atoms with Gasteiger partial charge in [-0.05, 0) is 45.2 Å². The fraction of sp³-hybridized carbons (Fsp3) is 0.469. The summed E-state index contributed by atoms with van der Waals surface area (Å²) in [6, 6.07) is 7.44. The van der Waals surface area contributed by atoms with Gasteiger partial charge in [0.05, 0.1) is 11.1 Å². The molecule has 4 saturated heterocycles. The van der Waals surface area contributed by atoms with Crippen molar-refractivity contribution < 1.29 is 17.9 Å². The Morgan fingerprint density at radius 2 is 1.89 bits per heavy atom. The zero-order valence-corrected chi connectivity index (χ0v) is 24.7. The van der Waals surface area contributed by atoms with Crippen LogP contribution in [0.15, 0.2) is 16.5 Å². The van der Waals surface area contributed by atoms with Gasteiger partial charge >= 0.3 is 6.01 Å². The number of piperazine rings is 1. The van der Waals surface area contributed by atoms with Crippen molar-refractivity contribution in [3.63, 3.8) is 0 Å². The second-order valence-corrected chi connectivity index (χ2v) is 12.8. The van der Waals surface area contributed by atoms with E-state index in [9.17, 15) is 19.3 Å². The summed E-state index contributed by atoms with van der Waals surface area (Å²) in [5.41, 5.74) is 7.55. The molecule has 4 atom stereocenters. The average molecular weight is 612 g/mol. The Bertz CT molecular complexity index is 1950. The van der Waals surface area contributed by atoms with Gasteiger partial charge in [0.2, 0.25) is 5.88 Å². The van der Waals surface area contributed by atoms with Gasteiger partial charge < -0.3 is 25.1 Å². The predicted molar refractivity (Wildman–Crippen MR) is 162 cm³/mol. The molecule has 4 fully saturated rings. The monoisotopic (exact) mass is 611 g/mol. The highest BCUT2D eigenvalue weighted by Crippen LogP contribution is 2.43. The Labute approximate surface area is 257 Å². The third-order valence-corrected chi connectivity index (χ3v) is 10.00. The van der Waals surface area contributed by atoms with Gasteiger partial charge in [-0.2, -0.15) is 20.5 Å². The van der Waals surface area contributed by atoms with Gasteiger partial charge in [0.15, 0.2) is 5.82 Å². The Morgan fingerprint density at radius 3 is 2.64 bits per heavy atom. The molecule has 4 aromatic rings. The molecule has 0 saturated carbocycles. The van der Waals surface area contributed by atoms with E-state index in [4.69, 9.17) is 29.8 Å². The molecule has 0 spiro atoms. The molecule has 13 heteroatoms. The van der Waals surface area contributed by atoms with Crippen LogP contribution in [0.5, 0.6) is 6.01 Å². The number of alkyl halides is 1. The molecule has 8 rings (SSSR count). The van der Waals surface area contributed by atoms with Crippen molar-refractivity contribution in [2.75, 3.05) is 43.4 Å². The molecule has 0 aliphatic carbocycles. The fourth-order valence-corrected chi connectivity index (χ4v) is 8.09. The van der Waals surface area contributed by atoms with E-state index in [2.05, 4.69) is 21.2 Å². The lowest BCUT2D eigenvalue weighted by Gasteiger charge is -2.34. The summed E-state index contributed by atoms with van der Waals surface area (Å²) in [6.07, 6.45) is 3.40. The fourth-order valence-electron chi connectivity index (χ4n) is 8.09. The number of nitriles is 2. The number of nitrogens with zero attached hydrogens (tertiary/aromatic N) is 7. The highest BCUT2D eigenvalue weighted by molar-refractivity contribution is 6.05. The molecular weight excluding hydrogens is 580 g/mol. The van der Waals surface area contributed by atoms with Gasteiger partial charge in [-0.1, -0.05) is 0 Å². The Hall–Kier alpha value is -4.59. The van der Waals surface area contributed by atoms with Crippen LogP contribution in [0.25, 0.3) is 33.1 Å². The molecule has 4 aliphatic heterocycles. The second-order valence-electron chi connectivity index (χ2n) is 12.8. The van der Waals surface area contributed by atoms with E-state index < -0.39 is 17.5 Å². The van der Waals surface area contributed by atoms with Crippen LogP contribution in [-0.4, -0.2) is 76.4 Å². The Morgan fingerprint density at radius 1 is 1.11 bits per heavy atom. The number of benzene rings is 1. The van der Waals surface area contributed by atoms with Crippen molar-refractivity contribution in [2.24, 2.45) is 0 Å². The van der Waals surface area contributed by atoms with Crippen LogP contribution in [-0.2, 0) is 0 Å². The lowest BCUT2D eigenvalue weighted by atomic mass is 9.93. The van der Waals surface area contributed by atoms with E-state index in [-0.39, 0.29) is 46.3 Å². The maximum absolute atomic E-state index is 15.0. The average Bonchev–Trinajstić information content (AvgIpc) is 3.74. The topological polar surface area (TPSA) is 153 Å². The quantitative estimate of drug-likeness (QED) is 0.335. The van der Waals surface area contributed by atoms with Gasteiger partial charge in [0.1, 0.15) is 52.9 Å². The van der Waals surface area contributed by atoms with Crippen LogP contribution in [0.3, 0.4) is 0 Å². The van der Waals surface area contributed by atoms with Crippen LogP contribution in [0.4, 0.5) is 20.5 Å². The van der Waals surface area contributed by atoms with Gasteiger partial charge in [0.25, 0.3) is 0 Å². The number of fused-ring (bicyclic) bond motifs is 5. The van der Waals surface area contributed by atoms with Gasteiger partial charge in [0, 0.05) is 66.4 Å². The molecule has 1 aromatic carbocycles. The summed E-state index contributed by atoms with van der Waals surface area (Å²) in [4.78, 5) is 18.9. The summed E-state index contributed by atoms with van der Waals surface area (Å²) in [6.45, 7) is 4.60. The molecule has 0 radical (unpaired) electrons. The number of nitrogens with one attached hydrogen (secondary N) is 1. The maximum Gasteiger partial charge on any atom is 0.319 e. The van der Waals surface area contributed by atoms with E-state index in [1.165, 1.54) is 6.07 Å². The van der Waals surface area contributed by atoms with Crippen molar-refractivity contribution >= 4 is 33.7 Å². The normalized spacial score (nSPS) is 26.0. The molecule has 3 unspecified atom stereocenters. The molecule has 0 amide bonds. The number of halogens is 2. The summed E-state index contributed by atoms with van der Waals surface area (Å²) in [5.74, 6) is -0.198. The first-order valence-electron chi connectivity index (χ1n) is 15.3. The number of furan rings is 1. The SMILES string of the molecule is Cc1nc2c(N3CC4CCC(C3)N4)nc(OCC34CCCN3C[C@H](F)C4)nc2c(C#N)c1-c1cc(F)cc2oc(N)c(C#N)c12. The minimum absolute atomic E-state index is 0.0511. The first-order valence-corrected chi connectivity index (χ1v) is 15.3. The van der Waals surface area contributed by atoms with Crippen molar-refractivity contribution in [3.8, 4) is 29.3 Å². The predicted octanol–water partition coefficient (Wildman–Crippen LogP) is 4.11. The first-order chi connectivity index (χ1) is 21.8. The van der Waals surface area contributed by atoms with Gasteiger partial charge in [-0.3, -0.25) is 4.90 Å². The molecule has 230 valence electrons. The maximum atomic E-state index is 15.0. The number of pyridine rings is 1. The number of aryl methyl sites for hydroxylation is 1. The summed E-state index contributed by atoms with van der Waals surface area (Å²) in [7, 11) is 0. The third-order valence-electron chi connectivity index (χ3n) is 10.00. The number of nitrogens with two attached hydrogens (primary N) is 1. The molecule has 3 aromatic heterocycles. The van der Waals surface area contributed by atoms with Crippen molar-refractivity contribution in [1.29, 1.82) is 10.5 Å². The van der Waals surface area contributed by atoms with Gasteiger partial charge in [-0.25, -0.2) is 13.8 Å². The van der Waals surface area contributed by atoms with E-state index >= 15 is 0 Å². The van der Waals surface area contributed by atoms with Crippen molar-refractivity contribution in [1.82, 2.24) is 25.2 Å². The van der Waals surface area contributed by atoms with E-state index in [1.807, 2.05) is 6.07 Å². The van der Waals surface area contributed by atoms with Crippen molar-refractivity contribution in [3.05, 3.63) is 34.8 Å². The molecule has 45 heavy (non-hydrogen) atoms. The summed E-state index contributed by atoms with van der Waals surface area (Å²) < 4.78 is 41.3. The van der Waals surface area contributed by atoms with Crippen LogP contribution >= 0.6 is 0 Å². The number of nitrogen functional groups attached to an aromatic ring is 1.